The van der Waals surface area contributed by atoms with E-state index in [2.05, 4.69) is 9.47 Å². The first-order valence-corrected chi connectivity index (χ1v) is 14.8. The molecule has 2 fully saturated rings. The SMILES string of the molecule is CO[C@H]1C[C@@H](Cn2c(CN3CCC(c4cccc(OCc5ccc(Cl)cc5F)n4)CC3)nc3ccc(C(=O)O)cc32)C1. The summed E-state index contributed by atoms with van der Waals surface area (Å²) >= 11 is 5.85. The van der Waals surface area contributed by atoms with Crippen molar-refractivity contribution in [3.05, 3.63) is 88.1 Å². The molecule has 1 N–H and O–H groups in total. The summed E-state index contributed by atoms with van der Waals surface area (Å²) in [6, 6.07) is 15.5. The fourth-order valence-corrected chi connectivity index (χ4v) is 6.18. The molecular formula is C32H34ClFN4O4. The molecule has 0 spiro atoms. The fourth-order valence-electron chi connectivity index (χ4n) is 6.02. The molecule has 0 atom stereocenters. The Hall–Kier alpha value is -3.53. The zero-order valence-corrected chi connectivity index (χ0v) is 24.3. The minimum atomic E-state index is -0.934. The minimum absolute atomic E-state index is 0.0832. The van der Waals surface area contributed by atoms with Gasteiger partial charge in [0.05, 0.1) is 29.2 Å². The number of fused-ring (bicyclic) bond motifs is 1. The molecule has 10 heteroatoms. The van der Waals surface area contributed by atoms with Gasteiger partial charge in [0.2, 0.25) is 5.88 Å². The lowest BCUT2D eigenvalue weighted by Gasteiger charge is -2.35. The summed E-state index contributed by atoms with van der Waals surface area (Å²) in [5, 5.41) is 9.91. The van der Waals surface area contributed by atoms with Gasteiger partial charge in [-0.05, 0) is 81.1 Å². The van der Waals surface area contributed by atoms with E-state index in [-0.39, 0.29) is 12.2 Å². The maximum atomic E-state index is 14.1. The van der Waals surface area contributed by atoms with Gasteiger partial charge < -0.3 is 19.1 Å². The molecule has 0 radical (unpaired) electrons. The van der Waals surface area contributed by atoms with Crippen molar-refractivity contribution in [2.75, 3.05) is 20.2 Å². The van der Waals surface area contributed by atoms with Gasteiger partial charge in [-0.25, -0.2) is 19.2 Å². The van der Waals surface area contributed by atoms with E-state index in [1.807, 2.05) is 18.2 Å². The van der Waals surface area contributed by atoms with Gasteiger partial charge in [-0.1, -0.05) is 23.7 Å². The van der Waals surface area contributed by atoms with Crippen molar-refractivity contribution in [2.24, 2.45) is 5.92 Å². The van der Waals surface area contributed by atoms with Crippen LogP contribution in [0.15, 0.2) is 54.6 Å². The molecule has 8 nitrogen and oxygen atoms in total. The molecular weight excluding hydrogens is 559 g/mol. The molecule has 0 amide bonds. The highest BCUT2D eigenvalue weighted by Gasteiger charge is 2.31. The van der Waals surface area contributed by atoms with E-state index in [1.54, 1.807) is 37.4 Å². The van der Waals surface area contributed by atoms with E-state index in [0.29, 0.717) is 41.0 Å². The van der Waals surface area contributed by atoms with Gasteiger partial charge in [0.15, 0.2) is 0 Å². The van der Waals surface area contributed by atoms with E-state index in [4.69, 9.17) is 31.0 Å². The first kappa shape index (κ1) is 28.6. The van der Waals surface area contributed by atoms with Gasteiger partial charge in [0.25, 0.3) is 0 Å². The largest absolute Gasteiger partial charge is 0.478 e. The molecule has 1 aliphatic heterocycles. The molecule has 1 saturated heterocycles. The Labute approximate surface area is 249 Å². The Bertz CT molecular complexity index is 1580. The summed E-state index contributed by atoms with van der Waals surface area (Å²) < 4.78 is 27.6. The number of carboxylic acids is 1. The van der Waals surface area contributed by atoms with Crippen LogP contribution in [0.5, 0.6) is 5.88 Å². The number of benzene rings is 2. The number of halogens is 2. The van der Waals surface area contributed by atoms with Gasteiger partial charge in [-0.15, -0.1) is 0 Å². The van der Waals surface area contributed by atoms with Crippen LogP contribution in [-0.4, -0.2) is 56.8 Å². The third-order valence-electron chi connectivity index (χ3n) is 8.55. The van der Waals surface area contributed by atoms with Crippen molar-refractivity contribution in [1.82, 2.24) is 19.4 Å². The molecule has 2 aromatic heterocycles. The van der Waals surface area contributed by atoms with Gasteiger partial charge >= 0.3 is 5.97 Å². The van der Waals surface area contributed by atoms with Crippen molar-refractivity contribution in [2.45, 2.75) is 57.4 Å². The number of rotatable bonds is 10. The van der Waals surface area contributed by atoms with Gasteiger partial charge in [-0.3, -0.25) is 4.90 Å². The Balaban J connectivity index is 1.11. The molecule has 1 saturated carbocycles. The number of aromatic carboxylic acids is 1. The number of imidazole rings is 1. The van der Waals surface area contributed by atoms with Crippen LogP contribution in [-0.2, 0) is 24.4 Å². The molecule has 0 unspecified atom stereocenters. The van der Waals surface area contributed by atoms with Crippen molar-refractivity contribution in [3.63, 3.8) is 0 Å². The summed E-state index contributed by atoms with van der Waals surface area (Å²) in [5.74, 6) is 0.905. The Kier molecular flexibility index (Phi) is 8.42. The molecule has 1 aliphatic carbocycles. The Morgan fingerprint density at radius 1 is 1.10 bits per heavy atom. The molecule has 42 heavy (non-hydrogen) atoms. The fraction of sp³-hybridized carbons (Fsp3) is 0.406. The average Bonchev–Trinajstić information content (AvgIpc) is 3.30. The van der Waals surface area contributed by atoms with Crippen molar-refractivity contribution < 1.29 is 23.8 Å². The van der Waals surface area contributed by atoms with Gasteiger partial charge in [-0.2, -0.15) is 0 Å². The number of aromatic nitrogens is 3. The standard InChI is InChI=1S/C32H34ClFN4O4/c1-41-25-13-20(14-25)17-38-29-15-22(32(39)40)6-8-28(29)35-30(38)18-37-11-9-21(10-12-37)27-3-2-4-31(36-27)42-19-23-5-7-24(33)16-26(23)34/h2-8,15-16,20-21,25H,9-14,17-19H2,1H3,(H,39,40)/t20-,25+. The molecule has 2 aromatic carbocycles. The van der Waals surface area contributed by atoms with Gasteiger partial charge in [0.1, 0.15) is 18.2 Å². The van der Waals surface area contributed by atoms with Crippen LogP contribution >= 0.6 is 11.6 Å². The maximum absolute atomic E-state index is 14.1. The highest BCUT2D eigenvalue weighted by molar-refractivity contribution is 6.30. The smallest absolute Gasteiger partial charge is 0.335 e. The number of likely N-dealkylation sites (tertiary alicyclic amines) is 1. The summed E-state index contributed by atoms with van der Waals surface area (Å²) in [6.45, 7) is 3.38. The zero-order valence-electron chi connectivity index (χ0n) is 23.5. The molecule has 4 aromatic rings. The Morgan fingerprint density at radius 2 is 1.90 bits per heavy atom. The number of nitrogens with zero attached hydrogens (tertiary/aromatic N) is 4. The number of hydrogen-bond donors (Lipinski definition) is 1. The van der Waals surface area contributed by atoms with Crippen LogP contribution in [0, 0.1) is 11.7 Å². The lowest BCUT2D eigenvalue weighted by atomic mass is 9.82. The van der Waals surface area contributed by atoms with Crippen molar-refractivity contribution >= 4 is 28.6 Å². The van der Waals surface area contributed by atoms with E-state index in [0.717, 1.165) is 67.9 Å². The molecule has 3 heterocycles. The first-order valence-electron chi connectivity index (χ1n) is 14.4. The number of pyridine rings is 1. The molecule has 0 bridgehead atoms. The van der Waals surface area contributed by atoms with Crippen molar-refractivity contribution in [3.8, 4) is 5.88 Å². The second kappa shape index (κ2) is 12.4. The van der Waals surface area contributed by atoms with E-state index in [1.165, 1.54) is 6.07 Å². The van der Waals surface area contributed by atoms with Crippen LogP contribution in [0.1, 0.15) is 59.0 Å². The quantitative estimate of drug-likeness (QED) is 0.231. The molecule has 6 rings (SSSR count). The second-order valence-electron chi connectivity index (χ2n) is 11.3. The number of ether oxygens (including phenoxy) is 2. The molecule has 2 aliphatic rings. The predicted molar refractivity (Wildman–Crippen MR) is 157 cm³/mol. The summed E-state index contributed by atoms with van der Waals surface area (Å²) in [5.41, 5.74) is 3.39. The highest BCUT2D eigenvalue weighted by Crippen LogP contribution is 2.34. The number of hydrogen-bond acceptors (Lipinski definition) is 6. The number of piperidine rings is 1. The number of carbonyl (C=O) groups is 1. The number of carboxylic acid groups (broad SMARTS) is 1. The van der Waals surface area contributed by atoms with Crippen LogP contribution < -0.4 is 4.74 Å². The lowest BCUT2D eigenvalue weighted by Crippen LogP contribution is -2.35. The number of methoxy groups -OCH3 is 1. The average molecular weight is 593 g/mol. The topological polar surface area (TPSA) is 89.7 Å². The highest BCUT2D eigenvalue weighted by atomic mass is 35.5. The van der Waals surface area contributed by atoms with Crippen LogP contribution in [0.2, 0.25) is 5.02 Å². The maximum Gasteiger partial charge on any atom is 0.335 e. The Morgan fingerprint density at radius 3 is 2.64 bits per heavy atom. The monoisotopic (exact) mass is 592 g/mol. The zero-order chi connectivity index (χ0) is 29.2. The van der Waals surface area contributed by atoms with Gasteiger partial charge in [0, 0.05) is 41.9 Å². The summed E-state index contributed by atoms with van der Waals surface area (Å²) in [6.07, 6.45) is 4.21. The minimum Gasteiger partial charge on any atom is -0.478 e. The van der Waals surface area contributed by atoms with Crippen LogP contribution in [0.25, 0.3) is 11.0 Å². The van der Waals surface area contributed by atoms with Crippen molar-refractivity contribution in [1.29, 1.82) is 0 Å². The van der Waals surface area contributed by atoms with Crippen LogP contribution in [0.3, 0.4) is 0 Å². The third kappa shape index (κ3) is 6.28. The van der Waals surface area contributed by atoms with E-state index < -0.39 is 11.8 Å². The predicted octanol–water partition coefficient (Wildman–Crippen LogP) is 6.31. The van der Waals surface area contributed by atoms with Crippen LogP contribution in [0.4, 0.5) is 4.39 Å². The van der Waals surface area contributed by atoms with E-state index >= 15 is 0 Å². The second-order valence-corrected chi connectivity index (χ2v) is 11.8. The summed E-state index contributed by atoms with van der Waals surface area (Å²) in [7, 11) is 1.75. The molecule has 220 valence electrons. The third-order valence-corrected chi connectivity index (χ3v) is 8.78. The normalized spacial score (nSPS) is 19.6. The van der Waals surface area contributed by atoms with E-state index in [9.17, 15) is 14.3 Å². The summed E-state index contributed by atoms with van der Waals surface area (Å²) in [4.78, 5) is 23.7. The lowest BCUT2D eigenvalue weighted by molar-refractivity contribution is -0.00445. The first-order chi connectivity index (χ1) is 20.4.